The van der Waals surface area contributed by atoms with Gasteiger partial charge in [0, 0.05) is 0 Å². The Labute approximate surface area is 252 Å². The SMILES string of the molecule is COc1cc(CN(C[C@@H](O)[C@@H]([AsH2])CC2CCCCC2)C(=O)OCC2c3ccccc3-c3ccccc32)cc(OC)c1. The summed E-state index contributed by atoms with van der Waals surface area (Å²) in [5.41, 5.74) is 5.59. The molecule has 218 valence electrons. The summed E-state index contributed by atoms with van der Waals surface area (Å²) in [6.07, 6.45) is 6.33. The second-order valence-corrected chi connectivity index (χ2v) is 13.2. The van der Waals surface area contributed by atoms with Crippen LogP contribution in [-0.2, 0) is 11.3 Å². The number of nitrogens with zero attached hydrogens (tertiary/aromatic N) is 1. The number of carbonyl (C=O) groups is 1. The molecule has 1 amide bonds. The molecule has 1 N–H and O–H groups in total. The zero-order valence-electron chi connectivity index (χ0n) is 24.1. The molecule has 7 heteroatoms. The van der Waals surface area contributed by atoms with Gasteiger partial charge in [0.1, 0.15) is 0 Å². The van der Waals surface area contributed by atoms with Crippen LogP contribution in [0.4, 0.5) is 4.79 Å². The molecule has 2 aliphatic rings. The minimum absolute atomic E-state index is 0.0244. The van der Waals surface area contributed by atoms with Crippen molar-refractivity contribution >= 4 is 22.9 Å². The number of hydrogen-bond donors (Lipinski definition) is 1. The summed E-state index contributed by atoms with van der Waals surface area (Å²) in [7, 11) is 3.22. The second kappa shape index (κ2) is 13.8. The molecule has 0 heterocycles. The predicted octanol–water partition coefficient (Wildman–Crippen LogP) is 6.21. The topological polar surface area (TPSA) is 68.2 Å². The van der Waals surface area contributed by atoms with Crippen molar-refractivity contribution in [1.29, 1.82) is 0 Å². The zero-order valence-corrected chi connectivity index (χ0v) is 26.6. The van der Waals surface area contributed by atoms with Crippen molar-refractivity contribution in [3.05, 3.63) is 83.4 Å². The number of hydrogen-bond acceptors (Lipinski definition) is 5. The Bertz CT molecular complexity index is 1260. The number of benzene rings is 3. The molecule has 3 atom stereocenters. The molecule has 2 aliphatic carbocycles. The molecule has 3 aromatic rings. The maximum absolute atomic E-state index is 13.7. The number of aliphatic hydroxyl groups excluding tert-OH is 1. The van der Waals surface area contributed by atoms with Gasteiger partial charge in [0.05, 0.1) is 0 Å². The molecule has 0 aliphatic heterocycles. The van der Waals surface area contributed by atoms with Crippen molar-refractivity contribution in [2.75, 3.05) is 27.4 Å². The normalized spacial score (nSPS) is 16.4. The van der Waals surface area contributed by atoms with Crippen LogP contribution in [0.5, 0.6) is 11.5 Å². The minimum atomic E-state index is -0.620. The van der Waals surface area contributed by atoms with E-state index in [2.05, 4.69) is 24.3 Å². The van der Waals surface area contributed by atoms with Gasteiger partial charge in [-0.05, 0) is 0 Å². The van der Waals surface area contributed by atoms with Crippen molar-refractivity contribution in [3.8, 4) is 22.6 Å². The molecule has 0 saturated heterocycles. The Hall–Kier alpha value is -2.95. The Morgan fingerprint density at radius 2 is 1.51 bits per heavy atom. The fourth-order valence-electron chi connectivity index (χ4n) is 6.39. The van der Waals surface area contributed by atoms with Gasteiger partial charge in [0.2, 0.25) is 0 Å². The summed E-state index contributed by atoms with van der Waals surface area (Å²) in [5.74, 6) is 1.95. The van der Waals surface area contributed by atoms with Gasteiger partial charge in [-0.3, -0.25) is 0 Å². The summed E-state index contributed by atoms with van der Waals surface area (Å²) >= 11 is 1.55. The molecule has 5 rings (SSSR count). The molecule has 1 saturated carbocycles. The fourth-order valence-corrected chi connectivity index (χ4v) is 7.46. The summed E-state index contributed by atoms with van der Waals surface area (Å²) in [5, 5.41) is 11.3. The number of rotatable bonds is 11. The molecule has 3 aromatic carbocycles. The molecule has 0 radical (unpaired) electrons. The number of ether oxygens (including phenoxy) is 3. The van der Waals surface area contributed by atoms with Crippen LogP contribution in [0.3, 0.4) is 0 Å². The summed E-state index contributed by atoms with van der Waals surface area (Å²) in [6.45, 7) is 0.735. The number of fused-ring (bicyclic) bond motifs is 3. The van der Waals surface area contributed by atoms with Gasteiger partial charge in [-0.15, -0.1) is 0 Å². The monoisotopic (exact) mass is 619 g/mol. The van der Waals surface area contributed by atoms with Gasteiger partial charge in [-0.1, -0.05) is 0 Å². The Morgan fingerprint density at radius 1 is 0.927 bits per heavy atom. The average molecular weight is 620 g/mol. The molecule has 1 unspecified atom stereocenters. The Kier molecular flexibility index (Phi) is 9.95. The van der Waals surface area contributed by atoms with Crippen molar-refractivity contribution in [3.63, 3.8) is 0 Å². The molecule has 0 bridgehead atoms. The number of carbonyl (C=O) groups excluding carboxylic acids is 1. The third-order valence-corrected chi connectivity index (χ3v) is 10.1. The Morgan fingerprint density at radius 3 is 2.10 bits per heavy atom. The molecule has 41 heavy (non-hydrogen) atoms. The third-order valence-electron chi connectivity index (χ3n) is 8.61. The van der Waals surface area contributed by atoms with E-state index in [9.17, 15) is 9.90 Å². The molecule has 1 fully saturated rings. The van der Waals surface area contributed by atoms with E-state index in [0.717, 1.165) is 12.0 Å². The first-order valence-corrected chi connectivity index (χ1v) is 16.1. The van der Waals surface area contributed by atoms with Crippen LogP contribution in [0, 0.1) is 5.92 Å². The van der Waals surface area contributed by atoms with Gasteiger partial charge >= 0.3 is 253 Å². The van der Waals surface area contributed by atoms with Gasteiger partial charge < -0.3 is 0 Å². The van der Waals surface area contributed by atoms with E-state index in [-0.39, 0.29) is 30.3 Å². The van der Waals surface area contributed by atoms with Crippen molar-refractivity contribution in [2.45, 2.75) is 61.8 Å². The first-order chi connectivity index (χ1) is 20.0. The molecular formula is C34H42AsNO5. The van der Waals surface area contributed by atoms with E-state index in [4.69, 9.17) is 14.2 Å². The first-order valence-electron chi connectivity index (χ1n) is 14.7. The number of methoxy groups -OCH3 is 2. The number of aliphatic hydroxyl groups is 1. The van der Waals surface area contributed by atoms with E-state index in [0.29, 0.717) is 17.4 Å². The molecule has 6 nitrogen and oxygen atoms in total. The second-order valence-electron chi connectivity index (χ2n) is 11.4. The van der Waals surface area contributed by atoms with Gasteiger partial charge in [-0.25, -0.2) is 0 Å². The van der Waals surface area contributed by atoms with Gasteiger partial charge in [0.25, 0.3) is 0 Å². The van der Waals surface area contributed by atoms with E-state index in [1.165, 1.54) is 54.4 Å². The van der Waals surface area contributed by atoms with Gasteiger partial charge in [-0.2, -0.15) is 0 Å². The zero-order chi connectivity index (χ0) is 28.8. The van der Waals surface area contributed by atoms with Crippen LogP contribution in [0.25, 0.3) is 11.1 Å². The van der Waals surface area contributed by atoms with Crippen molar-refractivity contribution < 1.29 is 24.1 Å². The Balaban J connectivity index is 1.33. The quantitative estimate of drug-likeness (QED) is 0.259. The van der Waals surface area contributed by atoms with Crippen LogP contribution < -0.4 is 9.47 Å². The van der Waals surface area contributed by atoms with Crippen LogP contribution in [0.1, 0.15) is 61.1 Å². The summed E-state index contributed by atoms with van der Waals surface area (Å²) in [4.78, 5) is 15.4. The maximum atomic E-state index is 13.7. The molecule has 0 aromatic heterocycles. The van der Waals surface area contributed by atoms with Crippen LogP contribution in [0.2, 0.25) is 4.71 Å². The summed E-state index contributed by atoms with van der Waals surface area (Å²) in [6, 6.07) is 22.3. The fraction of sp³-hybridized carbons (Fsp3) is 0.441. The first kappa shape index (κ1) is 29.5. The van der Waals surface area contributed by atoms with Crippen molar-refractivity contribution in [1.82, 2.24) is 4.90 Å². The predicted molar refractivity (Wildman–Crippen MR) is 165 cm³/mol. The number of amides is 1. The van der Waals surface area contributed by atoms with Crippen molar-refractivity contribution in [2.24, 2.45) is 5.92 Å². The van der Waals surface area contributed by atoms with E-state index in [1.54, 1.807) is 36.0 Å². The average Bonchev–Trinajstić information content (AvgIpc) is 3.33. The molecule has 0 spiro atoms. The van der Waals surface area contributed by atoms with E-state index >= 15 is 0 Å². The van der Waals surface area contributed by atoms with Crippen LogP contribution in [0.15, 0.2) is 66.7 Å². The standard InChI is InChI=1S/C34H42AsNO5/c1-39-25-16-24(17-26(19-25)40-2)20-36(21-33(37)32(35)18-23-10-4-3-5-11-23)34(38)41-22-31-29-14-8-6-12-27(29)28-13-7-9-15-30(28)31/h6-9,12-17,19,23,31-33,37H,3-5,10-11,18,20-22,35H2,1-2H3/t32-,33+/m0/s1. The van der Waals surface area contributed by atoms with Crippen LogP contribution >= 0.6 is 0 Å². The van der Waals surface area contributed by atoms with Crippen LogP contribution in [-0.4, -0.2) is 66.4 Å². The molecular weight excluding hydrogens is 577 g/mol. The van der Waals surface area contributed by atoms with Gasteiger partial charge in [0.15, 0.2) is 0 Å². The van der Waals surface area contributed by atoms with E-state index in [1.807, 2.05) is 42.5 Å². The summed E-state index contributed by atoms with van der Waals surface area (Å²) < 4.78 is 17.1. The van der Waals surface area contributed by atoms with E-state index < -0.39 is 12.2 Å². The third kappa shape index (κ3) is 7.10.